The lowest BCUT2D eigenvalue weighted by Gasteiger charge is -2.37. The zero-order valence-electron chi connectivity index (χ0n) is 11.4. The molecule has 0 saturated heterocycles. The Morgan fingerprint density at radius 1 is 1.21 bits per heavy atom. The molecule has 3 rings (SSSR count). The van der Waals surface area contributed by atoms with Crippen molar-refractivity contribution in [1.29, 1.82) is 0 Å². The van der Waals surface area contributed by atoms with Crippen LogP contribution in [0.3, 0.4) is 0 Å². The number of pyridine rings is 1. The molecule has 98 valence electrons. The Balaban J connectivity index is 1.91. The molecule has 3 heteroatoms. The van der Waals surface area contributed by atoms with Crippen LogP contribution in [0.2, 0.25) is 0 Å². The summed E-state index contributed by atoms with van der Waals surface area (Å²) >= 11 is 0. The molecule has 3 nitrogen and oxygen atoms in total. The lowest BCUT2D eigenvalue weighted by Crippen LogP contribution is -2.41. The van der Waals surface area contributed by atoms with Crippen LogP contribution in [0, 0.1) is 6.92 Å². The van der Waals surface area contributed by atoms with Gasteiger partial charge in [0.2, 0.25) is 0 Å². The number of benzene rings is 1. The van der Waals surface area contributed by atoms with Gasteiger partial charge in [0.25, 0.3) is 0 Å². The van der Waals surface area contributed by atoms with Crippen LogP contribution in [0.1, 0.15) is 18.3 Å². The Bertz CT molecular complexity index is 580. The third kappa shape index (κ3) is 2.41. The van der Waals surface area contributed by atoms with Crippen molar-refractivity contribution in [3.63, 3.8) is 0 Å². The Kier molecular flexibility index (Phi) is 3.11. The highest BCUT2D eigenvalue weighted by Crippen LogP contribution is 2.31. The summed E-state index contributed by atoms with van der Waals surface area (Å²) in [5.41, 5.74) is 4.69. The molecule has 0 aliphatic carbocycles. The van der Waals surface area contributed by atoms with Gasteiger partial charge in [0.15, 0.2) is 0 Å². The summed E-state index contributed by atoms with van der Waals surface area (Å²) in [5, 5.41) is 3.48. The van der Waals surface area contributed by atoms with E-state index in [9.17, 15) is 0 Å². The van der Waals surface area contributed by atoms with Gasteiger partial charge in [-0.1, -0.05) is 18.2 Å². The van der Waals surface area contributed by atoms with Crippen molar-refractivity contribution >= 4 is 11.4 Å². The molecule has 1 atom stereocenters. The summed E-state index contributed by atoms with van der Waals surface area (Å²) in [4.78, 5) is 7.04. The van der Waals surface area contributed by atoms with Crippen molar-refractivity contribution in [3.05, 3.63) is 53.9 Å². The van der Waals surface area contributed by atoms with Gasteiger partial charge in [0, 0.05) is 18.3 Å². The second-order valence-electron chi connectivity index (χ2n) is 5.15. The van der Waals surface area contributed by atoms with Gasteiger partial charge in [-0.05, 0) is 38.1 Å². The first-order valence-electron chi connectivity index (χ1n) is 6.76. The minimum Gasteiger partial charge on any atom is -0.381 e. The van der Waals surface area contributed by atoms with Crippen molar-refractivity contribution in [2.75, 3.05) is 16.8 Å². The molecule has 1 unspecified atom stereocenters. The van der Waals surface area contributed by atoms with E-state index in [4.69, 9.17) is 0 Å². The van der Waals surface area contributed by atoms with Gasteiger partial charge in [-0.15, -0.1) is 0 Å². The maximum atomic E-state index is 4.61. The Hall–Kier alpha value is -2.03. The molecule has 2 aromatic rings. The molecule has 1 N–H and O–H groups in total. The molecular formula is C16H19N3. The molecule has 1 aliphatic rings. The van der Waals surface area contributed by atoms with Crippen molar-refractivity contribution < 1.29 is 0 Å². The van der Waals surface area contributed by atoms with E-state index in [-0.39, 0.29) is 0 Å². The average Bonchev–Trinajstić information content (AvgIpc) is 2.42. The van der Waals surface area contributed by atoms with Crippen LogP contribution in [0.5, 0.6) is 0 Å². The minimum absolute atomic E-state index is 0.470. The normalized spacial score (nSPS) is 17.8. The molecule has 0 fully saturated rings. The molecule has 0 amide bonds. The monoisotopic (exact) mass is 253 g/mol. The molecule has 1 aromatic carbocycles. The molecule has 2 heterocycles. The number of hydrogen-bond donors (Lipinski definition) is 1. The van der Waals surface area contributed by atoms with Gasteiger partial charge >= 0.3 is 0 Å². The molecule has 0 saturated carbocycles. The molecule has 1 aliphatic heterocycles. The highest BCUT2D eigenvalue weighted by atomic mass is 15.2. The lowest BCUT2D eigenvalue weighted by molar-refractivity contribution is 0.634. The van der Waals surface area contributed by atoms with Crippen LogP contribution in [-0.4, -0.2) is 17.6 Å². The van der Waals surface area contributed by atoms with Crippen molar-refractivity contribution in [2.45, 2.75) is 26.4 Å². The van der Waals surface area contributed by atoms with E-state index >= 15 is 0 Å². The Morgan fingerprint density at radius 2 is 2.05 bits per heavy atom. The second-order valence-corrected chi connectivity index (χ2v) is 5.15. The van der Waals surface area contributed by atoms with Crippen LogP contribution in [0.25, 0.3) is 0 Å². The summed E-state index contributed by atoms with van der Waals surface area (Å²) in [6.45, 7) is 6.13. The lowest BCUT2D eigenvalue weighted by atomic mass is 10.1. The van der Waals surface area contributed by atoms with Gasteiger partial charge in [-0.3, -0.25) is 4.98 Å². The van der Waals surface area contributed by atoms with Gasteiger partial charge in [-0.2, -0.15) is 0 Å². The van der Waals surface area contributed by atoms with Crippen LogP contribution < -0.4 is 10.2 Å². The van der Waals surface area contributed by atoms with Crippen molar-refractivity contribution in [2.24, 2.45) is 0 Å². The van der Waals surface area contributed by atoms with Crippen LogP contribution in [0.15, 0.2) is 42.5 Å². The van der Waals surface area contributed by atoms with E-state index < -0.39 is 0 Å². The number of hydrogen-bond acceptors (Lipinski definition) is 3. The number of aromatic nitrogens is 1. The zero-order valence-corrected chi connectivity index (χ0v) is 11.4. The smallest absolute Gasteiger partial charge is 0.0608 e. The number of para-hydroxylation sites is 2. The molecule has 1 aromatic heterocycles. The third-order valence-corrected chi connectivity index (χ3v) is 3.61. The molecule has 0 radical (unpaired) electrons. The molecule has 19 heavy (non-hydrogen) atoms. The fourth-order valence-electron chi connectivity index (χ4n) is 2.58. The number of nitrogens with zero attached hydrogens (tertiary/aromatic N) is 2. The van der Waals surface area contributed by atoms with E-state index in [1.165, 1.54) is 11.4 Å². The van der Waals surface area contributed by atoms with Gasteiger partial charge < -0.3 is 10.2 Å². The quantitative estimate of drug-likeness (QED) is 0.890. The summed E-state index contributed by atoms with van der Waals surface area (Å²) in [7, 11) is 0. The summed E-state index contributed by atoms with van der Waals surface area (Å²) in [6, 6.07) is 15.2. The largest absolute Gasteiger partial charge is 0.381 e. The third-order valence-electron chi connectivity index (χ3n) is 3.61. The maximum absolute atomic E-state index is 4.61. The highest BCUT2D eigenvalue weighted by molar-refractivity contribution is 5.72. The standard InChI is InChI=1S/C16H19N3/c1-12-6-5-7-14(18-12)11-19-13(2)10-17-15-8-3-4-9-16(15)19/h3-9,13,17H,10-11H2,1-2H3. The van der Waals surface area contributed by atoms with Crippen LogP contribution in [-0.2, 0) is 6.54 Å². The van der Waals surface area contributed by atoms with Crippen LogP contribution >= 0.6 is 0 Å². The van der Waals surface area contributed by atoms with Gasteiger partial charge in [0.05, 0.1) is 23.6 Å². The number of anilines is 2. The predicted molar refractivity (Wildman–Crippen MR) is 79.6 cm³/mol. The van der Waals surface area contributed by atoms with Crippen molar-refractivity contribution in [1.82, 2.24) is 4.98 Å². The topological polar surface area (TPSA) is 28.2 Å². The Labute approximate surface area is 114 Å². The molecule has 0 bridgehead atoms. The number of nitrogens with one attached hydrogen (secondary N) is 1. The molecular weight excluding hydrogens is 234 g/mol. The van der Waals surface area contributed by atoms with Gasteiger partial charge in [-0.25, -0.2) is 0 Å². The van der Waals surface area contributed by atoms with E-state index in [2.05, 4.69) is 58.5 Å². The fourth-order valence-corrected chi connectivity index (χ4v) is 2.58. The molecule has 0 spiro atoms. The first kappa shape index (κ1) is 12.0. The first-order valence-corrected chi connectivity index (χ1v) is 6.76. The van der Waals surface area contributed by atoms with E-state index in [0.29, 0.717) is 6.04 Å². The summed E-state index contributed by atoms with van der Waals surface area (Å²) < 4.78 is 0. The average molecular weight is 253 g/mol. The van der Waals surface area contributed by atoms with E-state index in [1.807, 2.05) is 13.0 Å². The summed E-state index contributed by atoms with van der Waals surface area (Å²) in [5.74, 6) is 0. The summed E-state index contributed by atoms with van der Waals surface area (Å²) in [6.07, 6.45) is 0. The zero-order chi connectivity index (χ0) is 13.2. The number of rotatable bonds is 2. The number of aryl methyl sites for hydroxylation is 1. The highest BCUT2D eigenvalue weighted by Gasteiger charge is 2.22. The first-order chi connectivity index (χ1) is 9.24. The second kappa shape index (κ2) is 4.92. The maximum Gasteiger partial charge on any atom is 0.0608 e. The van der Waals surface area contributed by atoms with E-state index in [0.717, 1.165) is 24.5 Å². The van der Waals surface area contributed by atoms with Crippen molar-refractivity contribution in [3.8, 4) is 0 Å². The van der Waals surface area contributed by atoms with E-state index in [1.54, 1.807) is 0 Å². The van der Waals surface area contributed by atoms with Crippen LogP contribution in [0.4, 0.5) is 11.4 Å². The minimum atomic E-state index is 0.470. The fraction of sp³-hybridized carbons (Fsp3) is 0.312. The SMILES string of the molecule is Cc1cccc(CN2c3ccccc3NCC2C)n1. The predicted octanol–water partition coefficient (Wildman–Crippen LogP) is 3.21. The number of fused-ring (bicyclic) bond motifs is 1. The Morgan fingerprint density at radius 3 is 2.89 bits per heavy atom. The van der Waals surface area contributed by atoms with Gasteiger partial charge in [0.1, 0.15) is 0 Å².